The molecule has 5 heteroatoms. The van der Waals surface area contributed by atoms with E-state index in [4.69, 9.17) is 5.26 Å². The third-order valence-corrected chi connectivity index (χ3v) is 1.36. The molecule has 2 nitrogen and oxygen atoms in total. The summed E-state index contributed by atoms with van der Waals surface area (Å²) in [5.74, 6) is 0. The van der Waals surface area contributed by atoms with Crippen molar-refractivity contribution >= 4 is 0 Å². The second-order valence-corrected chi connectivity index (χ2v) is 2.41. The van der Waals surface area contributed by atoms with Crippen molar-refractivity contribution in [1.29, 1.82) is 5.26 Å². The van der Waals surface area contributed by atoms with Crippen LogP contribution in [0, 0.1) is 11.3 Å². The van der Waals surface area contributed by atoms with Crippen molar-refractivity contribution in [3.63, 3.8) is 0 Å². The summed E-state index contributed by atoms with van der Waals surface area (Å²) >= 11 is 0. The predicted octanol–water partition coefficient (Wildman–Crippen LogP) is 1.83. The Morgan fingerprint density at radius 2 is 2.08 bits per heavy atom. The molecule has 0 bridgehead atoms. The maximum atomic E-state index is 11.6. The van der Waals surface area contributed by atoms with Gasteiger partial charge in [0.1, 0.15) is 0 Å². The van der Waals surface area contributed by atoms with Crippen LogP contribution in [0.5, 0.6) is 0 Å². The van der Waals surface area contributed by atoms with Gasteiger partial charge in [-0.15, -0.1) is 0 Å². The number of nitrogens with one attached hydrogen (secondary N) is 1. The van der Waals surface area contributed by atoms with E-state index in [0.29, 0.717) is 6.42 Å². The molecule has 0 fully saturated rings. The zero-order valence-electron chi connectivity index (χ0n) is 6.78. The quantitative estimate of drug-likeness (QED) is 0.716. The summed E-state index contributed by atoms with van der Waals surface area (Å²) in [5, 5.41) is 10.9. The normalized spacial score (nSPS) is 13.9. The van der Waals surface area contributed by atoms with E-state index < -0.39 is 18.6 Å². The first-order valence-corrected chi connectivity index (χ1v) is 3.69. The van der Waals surface area contributed by atoms with Gasteiger partial charge in [-0.2, -0.15) is 18.4 Å². The Balaban J connectivity index is 3.50. The number of alkyl halides is 3. The standard InChI is InChI=1S/C7H11F3N2/c1-2-6(5-11)12-4-3-7(8,9)10/h6,12H,2-4H2,1H3. The summed E-state index contributed by atoms with van der Waals surface area (Å²) in [7, 11) is 0. The smallest absolute Gasteiger partial charge is 0.302 e. The Morgan fingerprint density at radius 1 is 1.50 bits per heavy atom. The lowest BCUT2D eigenvalue weighted by molar-refractivity contribution is -0.133. The van der Waals surface area contributed by atoms with Crippen molar-refractivity contribution in [2.45, 2.75) is 32.0 Å². The Kier molecular flexibility index (Phi) is 4.67. The van der Waals surface area contributed by atoms with Crippen LogP contribution in [0.4, 0.5) is 13.2 Å². The lowest BCUT2D eigenvalue weighted by atomic mass is 10.2. The highest BCUT2D eigenvalue weighted by atomic mass is 19.4. The van der Waals surface area contributed by atoms with Crippen LogP contribution in [0.15, 0.2) is 0 Å². The number of nitriles is 1. The van der Waals surface area contributed by atoms with Gasteiger partial charge in [-0.25, -0.2) is 0 Å². The molecule has 0 saturated heterocycles. The van der Waals surface area contributed by atoms with E-state index in [1.807, 2.05) is 6.07 Å². The molecule has 0 aromatic heterocycles. The molecule has 0 spiro atoms. The Labute approximate surface area is 69.4 Å². The highest BCUT2D eigenvalue weighted by Crippen LogP contribution is 2.18. The molecular formula is C7H11F3N2. The summed E-state index contributed by atoms with van der Waals surface area (Å²) in [6.45, 7) is 1.56. The lowest BCUT2D eigenvalue weighted by Gasteiger charge is -2.10. The van der Waals surface area contributed by atoms with Crippen molar-refractivity contribution in [1.82, 2.24) is 5.32 Å². The molecule has 0 radical (unpaired) electrons. The topological polar surface area (TPSA) is 35.8 Å². The summed E-state index contributed by atoms with van der Waals surface area (Å²) in [6.07, 6.45) is -4.50. The monoisotopic (exact) mass is 180 g/mol. The van der Waals surface area contributed by atoms with Gasteiger partial charge in [0.15, 0.2) is 0 Å². The second-order valence-electron chi connectivity index (χ2n) is 2.41. The average Bonchev–Trinajstić information content (AvgIpc) is 1.96. The fraction of sp³-hybridized carbons (Fsp3) is 0.857. The van der Waals surface area contributed by atoms with Crippen LogP contribution in [-0.4, -0.2) is 18.8 Å². The van der Waals surface area contributed by atoms with Gasteiger partial charge in [-0.05, 0) is 6.42 Å². The Bertz CT molecular complexity index is 159. The SMILES string of the molecule is CCC(C#N)NCCC(F)(F)F. The maximum absolute atomic E-state index is 11.6. The van der Waals surface area contributed by atoms with E-state index in [1.54, 1.807) is 6.92 Å². The molecule has 0 aromatic rings. The third kappa shape index (κ3) is 5.98. The summed E-state index contributed by atoms with van der Waals surface area (Å²) in [4.78, 5) is 0. The van der Waals surface area contributed by atoms with Gasteiger partial charge in [0.2, 0.25) is 0 Å². The molecule has 0 aromatic carbocycles. The number of halogens is 3. The molecule has 1 unspecified atom stereocenters. The van der Waals surface area contributed by atoms with Crippen LogP contribution in [0.2, 0.25) is 0 Å². The molecule has 12 heavy (non-hydrogen) atoms. The molecule has 0 amide bonds. The molecule has 70 valence electrons. The lowest BCUT2D eigenvalue weighted by Crippen LogP contribution is -2.30. The summed E-state index contributed by atoms with van der Waals surface area (Å²) < 4.78 is 34.8. The Hall–Kier alpha value is -0.760. The van der Waals surface area contributed by atoms with Crippen molar-refractivity contribution in [3.8, 4) is 6.07 Å². The molecule has 0 aliphatic rings. The highest BCUT2D eigenvalue weighted by molar-refractivity contribution is 4.88. The van der Waals surface area contributed by atoms with E-state index in [9.17, 15) is 13.2 Å². The average molecular weight is 180 g/mol. The minimum absolute atomic E-state index is 0.185. The van der Waals surface area contributed by atoms with E-state index >= 15 is 0 Å². The van der Waals surface area contributed by atoms with Crippen molar-refractivity contribution in [2.75, 3.05) is 6.54 Å². The summed E-state index contributed by atoms with van der Waals surface area (Å²) in [6, 6.07) is 1.39. The first kappa shape index (κ1) is 11.2. The zero-order valence-corrected chi connectivity index (χ0v) is 6.78. The maximum Gasteiger partial charge on any atom is 0.390 e. The van der Waals surface area contributed by atoms with Gasteiger partial charge in [-0.1, -0.05) is 6.92 Å². The van der Waals surface area contributed by atoms with Gasteiger partial charge in [0, 0.05) is 6.54 Å². The third-order valence-electron chi connectivity index (χ3n) is 1.36. The first-order valence-electron chi connectivity index (χ1n) is 3.69. The van der Waals surface area contributed by atoms with Crippen LogP contribution in [0.1, 0.15) is 19.8 Å². The van der Waals surface area contributed by atoms with E-state index in [1.165, 1.54) is 0 Å². The van der Waals surface area contributed by atoms with Crippen LogP contribution >= 0.6 is 0 Å². The highest BCUT2D eigenvalue weighted by Gasteiger charge is 2.26. The number of rotatable bonds is 4. The molecule has 0 saturated carbocycles. The Morgan fingerprint density at radius 3 is 2.42 bits per heavy atom. The molecule has 0 aliphatic carbocycles. The van der Waals surface area contributed by atoms with Gasteiger partial charge in [-0.3, -0.25) is 0 Å². The largest absolute Gasteiger partial charge is 0.390 e. The van der Waals surface area contributed by atoms with E-state index in [-0.39, 0.29) is 6.54 Å². The van der Waals surface area contributed by atoms with Gasteiger partial charge in [0.05, 0.1) is 18.5 Å². The molecular weight excluding hydrogens is 169 g/mol. The fourth-order valence-corrected chi connectivity index (χ4v) is 0.669. The molecule has 1 N–H and O–H groups in total. The predicted molar refractivity (Wildman–Crippen MR) is 38.4 cm³/mol. The minimum atomic E-state index is -4.14. The van der Waals surface area contributed by atoms with Crippen molar-refractivity contribution < 1.29 is 13.2 Å². The van der Waals surface area contributed by atoms with Crippen LogP contribution in [-0.2, 0) is 0 Å². The van der Waals surface area contributed by atoms with E-state index in [0.717, 1.165) is 0 Å². The zero-order chi connectivity index (χ0) is 9.61. The molecule has 0 aliphatic heterocycles. The summed E-state index contributed by atoms with van der Waals surface area (Å²) in [5.41, 5.74) is 0. The number of nitrogens with zero attached hydrogens (tertiary/aromatic N) is 1. The van der Waals surface area contributed by atoms with Crippen molar-refractivity contribution in [3.05, 3.63) is 0 Å². The number of hydrogen-bond acceptors (Lipinski definition) is 2. The second kappa shape index (κ2) is 4.99. The fourth-order valence-electron chi connectivity index (χ4n) is 0.669. The molecule has 0 heterocycles. The van der Waals surface area contributed by atoms with Gasteiger partial charge >= 0.3 is 6.18 Å². The first-order chi connectivity index (χ1) is 5.49. The number of hydrogen-bond donors (Lipinski definition) is 1. The van der Waals surface area contributed by atoms with Crippen molar-refractivity contribution in [2.24, 2.45) is 0 Å². The molecule has 1 atom stereocenters. The molecule has 0 rings (SSSR count). The van der Waals surface area contributed by atoms with Crippen LogP contribution in [0.25, 0.3) is 0 Å². The van der Waals surface area contributed by atoms with E-state index in [2.05, 4.69) is 5.32 Å². The van der Waals surface area contributed by atoms with Gasteiger partial charge in [0.25, 0.3) is 0 Å². The van der Waals surface area contributed by atoms with Crippen LogP contribution < -0.4 is 5.32 Å². The van der Waals surface area contributed by atoms with Crippen LogP contribution in [0.3, 0.4) is 0 Å². The van der Waals surface area contributed by atoms with Gasteiger partial charge < -0.3 is 5.32 Å². The minimum Gasteiger partial charge on any atom is -0.302 e.